The van der Waals surface area contributed by atoms with Crippen LogP contribution in [0, 0.1) is 5.82 Å². The molecule has 5 nitrogen and oxygen atoms in total. The summed E-state index contributed by atoms with van der Waals surface area (Å²) in [6.45, 7) is 0.981. The number of nitrogens with two attached hydrogens (primary N) is 1. The third-order valence-corrected chi connectivity index (χ3v) is 3.98. The van der Waals surface area contributed by atoms with Crippen molar-refractivity contribution in [3.8, 4) is 11.5 Å². The van der Waals surface area contributed by atoms with Gasteiger partial charge in [-0.05, 0) is 49.2 Å². The summed E-state index contributed by atoms with van der Waals surface area (Å²) in [7, 11) is 0. The molecule has 0 saturated carbocycles. The monoisotopic (exact) mass is 366 g/mol. The van der Waals surface area contributed by atoms with Crippen molar-refractivity contribution in [3.63, 3.8) is 0 Å². The number of carbonyl (C=O) groups is 1. The number of benzene rings is 2. The zero-order valence-corrected chi connectivity index (χ0v) is 14.4. The van der Waals surface area contributed by atoms with Crippen molar-refractivity contribution < 1.29 is 18.7 Å². The van der Waals surface area contributed by atoms with E-state index in [0.29, 0.717) is 43.2 Å². The Labute approximate surface area is 151 Å². The molecule has 1 fully saturated rings. The average Bonchev–Trinajstić information content (AvgIpc) is 2.57. The summed E-state index contributed by atoms with van der Waals surface area (Å²) in [5.41, 5.74) is 5.88. The summed E-state index contributed by atoms with van der Waals surface area (Å²) < 4.78 is 23.9. The largest absolute Gasteiger partial charge is 0.457 e. The van der Waals surface area contributed by atoms with Gasteiger partial charge in [0, 0.05) is 25.0 Å². The van der Waals surface area contributed by atoms with Crippen LogP contribution in [0.15, 0.2) is 48.5 Å². The van der Waals surface area contributed by atoms with E-state index in [1.807, 2.05) is 0 Å². The van der Waals surface area contributed by atoms with Crippen LogP contribution < -0.4 is 15.8 Å². The van der Waals surface area contributed by atoms with E-state index in [2.05, 4.69) is 5.32 Å². The molecule has 1 saturated heterocycles. The summed E-state index contributed by atoms with van der Waals surface area (Å²) in [6, 6.07) is 12.7. The SMILES string of the molecule is Cl.NC1(C(=O)Nc2ccc(Oc3cccc(F)c3)cc2)CCOCC1. The van der Waals surface area contributed by atoms with Crippen LogP contribution in [0.3, 0.4) is 0 Å². The van der Waals surface area contributed by atoms with Crippen LogP contribution in [0.25, 0.3) is 0 Å². The van der Waals surface area contributed by atoms with Gasteiger partial charge in [0.25, 0.3) is 0 Å². The van der Waals surface area contributed by atoms with Crippen LogP contribution in [0.2, 0.25) is 0 Å². The third kappa shape index (κ3) is 4.92. The molecular weight excluding hydrogens is 347 g/mol. The highest BCUT2D eigenvalue weighted by Gasteiger charge is 2.35. The minimum atomic E-state index is -0.894. The predicted octanol–water partition coefficient (Wildman–Crippen LogP) is 3.49. The van der Waals surface area contributed by atoms with Gasteiger partial charge in [-0.3, -0.25) is 4.79 Å². The molecule has 0 aliphatic carbocycles. The number of anilines is 1. The quantitative estimate of drug-likeness (QED) is 0.868. The summed E-state index contributed by atoms with van der Waals surface area (Å²) in [5.74, 6) is 0.382. The van der Waals surface area contributed by atoms with Gasteiger partial charge < -0.3 is 20.5 Å². The fraction of sp³-hybridized carbons (Fsp3) is 0.278. The Bertz CT molecular complexity index is 719. The molecular formula is C18H20ClFN2O3. The fourth-order valence-electron chi connectivity index (χ4n) is 2.49. The van der Waals surface area contributed by atoms with Crippen LogP contribution >= 0.6 is 12.4 Å². The first kappa shape index (κ1) is 19.2. The molecule has 0 aromatic heterocycles. The van der Waals surface area contributed by atoms with Crippen LogP contribution in [0.1, 0.15) is 12.8 Å². The van der Waals surface area contributed by atoms with Crippen molar-refractivity contribution in [2.24, 2.45) is 5.73 Å². The fourth-order valence-corrected chi connectivity index (χ4v) is 2.49. The van der Waals surface area contributed by atoms with Gasteiger partial charge in [0.05, 0.1) is 0 Å². The maximum Gasteiger partial charge on any atom is 0.244 e. The topological polar surface area (TPSA) is 73.6 Å². The number of halogens is 2. The van der Waals surface area contributed by atoms with Gasteiger partial charge in [-0.15, -0.1) is 12.4 Å². The molecule has 2 aromatic rings. The number of ether oxygens (including phenoxy) is 2. The first-order valence-corrected chi connectivity index (χ1v) is 7.77. The van der Waals surface area contributed by atoms with Gasteiger partial charge >= 0.3 is 0 Å². The summed E-state index contributed by atoms with van der Waals surface area (Å²) in [6.07, 6.45) is 0.999. The molecule has 1 amide bonds. The van der Waals surface area contributed by atoms with Crippen molar-refractivity contribution in [3.05, 3.63) is 54.3 Å². The molecule has 1 heterocycles. The lowest BCUT2D eigenvalue weighted by Crippen LogP contribution is -2.54. The Morgan fingerprint density at radius 2 is 1.80 bits per heavy atom. The van der Waals surface area contributed by atoms with Crippen LogP contribution in [-0.4, -0.2) is 24.7 Å². The molecule has 0 unspecified atom stereocenters. The van der Waals surface area contributed by atoms with E-state index in [1.165, 1.54) is 12.1 Å². The molecule has 3 rings (SSSR count). The molecule has 2 aromatic carbocycles. The van der Waals surface area contributed by atoms with E-state index in [1.54, 1.807) is 36.4 Å². The number of hydrogen-bond donors (Lipinski definition) is 2. The lowest BCUT2D eigenvalue weighted by Gasteiger charge is -2.31. The minimum absolute atomic E-state index is 0. The van der Waals surface area contributed by atoms with Crippen molar-refractivity contribution in [2.45, 2.75) is 18.4 Å². The molecule has 25 heavy (non-hydrogen) atoms. The van der Waals surface area contributed by atoms with Gasteiger partial charge in [0.15, 0.2) is 0 Å². The maximum atomic E-state index is 13.1. The average molecular weight is 367 g/mol. The number of nitrogens with one attached hydrogen (secondary N) is 1. The van der Waals surface area contributed by atoms with Gasteiger partial charge in [-0.2, -0.15) is 0 Å². The molecule has 0 bridgehead atoms. The summed E-state index contributed by atoms with van der Waals surface area (Å²) in [5, 5.41) is 2.82. The number of amides is 1. The van der Waals surface area contributed by atoms with Crippen LogP contribution in [0.4, 0.5) is 10.1 Å². The summed E-state index contributed by atoms with van der Waals surface area (Å²) >= 11 is 0. The molecule has 1 aliphatic rings. The number of carbonyl (C=O) groups excluding carboxylic acids is 1. The van der Waals surface area contributed by atoms with Crippen molar-refractivity contribution in [1.82, 2.24) is 0 Å². The van der Waals surface area contributed by atoms with E-state index in [0.717, 1.165) is 0 Å². The lowest BCUT2D eigenvalue weighted by molar-refractivity contribution is -0.124. The summed E-state index contributed by atoms with van der Waals surface area (Å²) in [4.78, 5) is 12.3. The van der Waals surface area contributed by atoms with E-state index in [9.17, 15) is 9.18 Å². The van der Waals surface area contributed by atoms with E-state index < -0.39 is 5.54 Å². The number of hydrogen-bond acceptors (Lipinski definition) is 4. The van der Waals surface area contributed by atoms with Gasteiger partial charge in [0.2, 0.25) is 5.91 Å². The lowest BCUT2D eigenvalue weighted by atomic mass is 9.90. The molecule has 1 aliphatic heterocycles. The van der Waals surface area contributed by atoms with Crippen molar-refractivity contribution in [2.75, 3.05) is 18.5 Å². The highest BCUT2D eigenvalue weighted by atomic mass is 35.5. The molecule has 7 heteroatoms. The van der Waals surface area contributed by atoms with Crippen molar-refractivity contribution >= 4 is 24.0 Å². The Balaban J connectivity index is 0.00000225. The molecule has 134 valence electrons. The molecule has 0 radical (unpaired) electrons. The Morgan fingerprint density at radius 1 is 1.12 bits per heavy atom. The number of rotatable bonds is 4. The zero-order valence-electron chi connectivity index (χ0n) is 13.5. The first-order chi connectivity index (χ1) is 11.5. The highest BCUT2D eigenvalue weighted by Crippen LogP contribution is 2.25. The predicted molar refractivity (Wildman–Crippen MR) is 95.8 cm³/mol. The van der Waals surface area contributed by atoms with E-state index in [4.69, 9.17) is 15.2 Å². The van der Waals surface area contributed by atoms with Crippen molar-refractivity contribution in [1.29, 1.82) is 0 Å². The smallest absolute Gasteiger partial charge is 0.244 e. The van der Waals surface area contributed by atoms with Gasteiger partial charge in [0.1, 0.15) is 22.9 Å². The second-order valence-corrected chi connectivity index (χ2v) is 5.81. The third-order valence-electron chi connectivity index (χ3n) is 3.98. The maximum absolute atomic E-state index is 13.1. The molecule has 3 N–H and O–H groups in total. The minimum Gasteiger partial charge on any atom is -0.457 e. The van der Waals surface area contributed by atoms with Crippen LogP contribution in [0.5, 0.6) is 11.5 Å². The Morgan fingerprint density at radius 3 is 2.44 bits per heavy atom. The normalized spacial score (nSPS) is 15.8. The first-order valence-electron chi connectivity index (χ1n) is 7.77. The van der Waals surface area contributed by atoms with E-state index in [-0.39, 0.29) is 24.1 Å². The highest BCUT2D eigenvalue weighted by molar-refractivity contribution is 5.98. The van der Waals surface area contributed by atoms with Gasteiger partial charge in [-0.1, -0.05) is 6.07 Å². The van der Waals surface area contributed by atoms with Gasteiger partial charge in [-0.25, -0.2) is 4.39 Å². The molecule has 0 spiro atoms. The Hall–Kier alpha value is -2.15. The standard InChI is InChI=1S/C18H19FN2O3.ClH/c19-13-2-1-3-16(12-13)24-15-6-4-14(5-7-15)21-17(22)18(20)8-10-23-11-9-18;/h1-7,12H,8-11,20H2,(H,21,22);1H. The second-order valence-electron chi connectivity index (χ2n) is 5.81. The zero-order chi connectivity index (χ0) is 17.0. The van der Waals surface area contributed by atoms with E-state index >= 15 is 0 Å². The second kappa shape index (κ2) is 8.29. The molecule has 0 atom stereocenters. The van der Waals surface area contributed by atoms with Crippen LogP contribution in [-0.2, 0) is 9.53 Å². The Kier molecular flexibility index (Phi) is 6.36.